The van der Waals surface area contributed by atoms with Gasteiger partial charge in [0.2, 0.25) is 0 Å². The Hall–Kier alpha value is -1.34. The number of H-pyrrole nitrogens is 1. The van der Waals surface area contributed by atoms with Gasteiger partial charge in [0.25, 0.3) is 0 Å². The number of hydrogen-bond donors (Lipinski definition) is 1. The topological polar surface area (TPSA) is 76.5 Å². The first-order valence-electron chi connectivity index (χ1n) is 5.91. The summed E-state index contributed by atoms with van der Waals surface area (Å²) in [5, 5.41) is 8.35. The summed E-state index contributed by atoms with van der Waals surface area (Å²) >= 11 is 7.39. The quantitative estimate of drug-likeness (QED) is 0.878. The van der Waals surface area contributed by atoms with Gasteiger partial charge < -0.3 is 0 Å². The molecule has 0 amide bonds. The number of aromatic nitrogens is 5. The fourth-order valence-corrected chi connectivity index (χ4v) is 3.06. The van der Waals surface area contributed by atoms with Gasteiger partial charge in [0.15, 0.2) is 5.16 Å². The summed E-state index contributed by atoms with van der Waals surface area (Å²) in [6, 6.07) is 0.271. The fourth-order valence-electron chi connectivity index (χ4n) is 1.77. The van der Waals surface area contributed by atoms with Gasteiger partial charge in [0.05, 0.1) is 0 Å². The summed E-state index contributed by atoms with van der Waals surface area (Å²) in [5.41, 5.74) is 0.634. The lowest BCUT2D eigenvalue weighted by molar-refractivity contribution is 0.642. The molecule has 2 aromatic rings. The minimum Gasteiger partial charge on any atom is -0.267 e. The van der Waals surface area contributed by atoms with Gasteiger partial charge >= 0.3 is 5.69 Å². The van der Waals surface area contributed by atoms with Crippen LogP contribution in [-0.4, -0.2) is 24.7 Å². The van der Waals surface area contributed by atoms with Crippen LogP contribution >= 0.6 is 23.4 Å². The third-order valence-electron chi connectivity index (χ3n) is 2.93. The number of aryl methyl sites for hydroxylation is 1. The molecule has 0 spiro atoms. The molecule has 0 radical (unpaired) electrons. The molecule has 0 bridgehead atoms. The third kappa shape index (κ3) is 2.40. The van der Waals surface area contributed by atoms with E-state index in [-0.39, 0.29) is 11.7 Å². The van der Waals surface area contributed by atoms with Crippen LogP contribution in [0.4, 0.5) is 0 Å². The van der Waals surface area contributed by atoms with E-state index in [9.17, 15) is 4.79 Å². The molecule has 0 saturated heterocycles. The minimum atomic E-state index is -0.167. The average molecular weight is 298 g/mol. The second-order valence-electron chi connectivity index (χ2n) is 4.51. The molecule has 2 heterocycles. The highest BCUT2D eigenvalue weighted by Gasteiger charge is 2.29. The van der Waals surface area contributed by atoms with Crippen molar-refractivity contribution in [2.75, 3.05) is 0 Å². The lowest BCUT2D eigenvalue weighted by atomic mass is 10.4. The first kappa shape index (κ1) is 12.7. The SMILES string of the molecule is Cc1nc(Cl)c(C)c(Sc2n[nH]c(=O)n2C2CC2)n1. The molecular weight excluding hydrogens is 286 g/mol. The van der Waals surface area contributed by atoms with Crippen LogP contribution in [0.1, 0.15) is 30.3 Å². The van der Waals surface area contributed by atoms with Crippen molar-refractivity contribution in [2.24, 2.45) is 0 Å². The highest BCUT2D eigenvalue weighted by Crippen LogP contribution is 2.38. The van der Waals surface area contributed by atoms with E-state index in [1.165, 1.54) is 11.8 Å². The normalized spacial score (nSPS) is 14.9. The molecule has 6 nitrogen and oxygen atoms in total. The van der Waals surface area contributed by atoms with Gasteiger partial charge in [-0.15, -0.1) is 5.10 Å². The fraction of sp³-hybridized carbons (Fsp3) is 0.455. The number of hydrogen-bond acceptors (Lipinski definition) is 5. The predicted octanol–water partition coefficient (Wildman–Crippen LogP) is 2.12. The van der Waals surface area contributed by atoms with E-state index in [1.54, 1.807) is 11.5 Å². The highest BCUT2D eigenvalue weighted by molar-refractivity contribution is 7.99. The maximum Gasteiger partial charge on any atom is 0.344 e. The maximum atomic E-state index is 11.7. The Bertz CT molecular complexity index is 691. The first-order valence-corrected chi connectivity index (χ1v) is 7.11. The van der Waals surface area contributed by atoms with Crippen LogP contribution in [0.15, 0.2) is 15.0 Å². The van der Waals surface area contributed by atoms with Gasteiger partial charge in [-0.25, -0.2) is 19.9 Å². The second-order valence-corrected chi connectivity index (χ2v) is 5.82. The monoisotopic (exact) mass is 297 g/mol. The third-order valence-corrected chi connectivity index (χ3v) is 4.35. The van der Waals surface area contributed by atoms with Crippen LogP contribution in [0.2, 0.25) is 5.15 Å². The van der Waals surface area contributed by atoms with Gasteiger partial charge in [-0.3, -0.25) is 4.57 Å². The van der Waals surface area contributed by atoms with Crippen LogP contribution in [0.5, 0.6) is 0 Å². The summed E-state index contributed by atoms with van der Waals surface area (Å²) in [7, 11) is 0. The van der Waals surface area contributed by atoms with E-state index in [2.05, 4.69) is 20.2 Å². The maximum absolute atomic E-state index is 11.7. The highest BCUT2D eigenvalue weighted by atomic mass is 35.5. The first-order chi connectivity index (χ1) is 9.06. The Morgan fingerprint density at radius 1 is 1.37 bits per heavy atom. The van der Waals surface area contributed by atoms with Crippen molar-refractivity contribution in [1.82, 2.24) is 24.7 Å². The van der Waals surface area contributed by atoms with Crippen LogP contribution in [0.3, 0.4) is 0 Å². The molecule has 3 rings (SSSR count). The van der Waals surface area contributed by atoms with Crippen molar-refractivity contribution < 1.29 is 0 Å². The Morgan fingerprint density at radius 2 is 2.11 bits per heavy atom. The zero-order valence-electron chi connectivity index (χ0n) is 10.5. The molecule has 0 atom stereocenters. The Morgan fingerprint density at radius 3 is 2.79 bits per heavy atom. The molecule has 8 heteroatoms. The molecule has 100 valence electrons. The molecule has 1 N–H and O–H groups in total. The van der Waals surface area contributed by atoms with Crippen molar-refractivity contribution in [3.8, 4) is 0 Å². The summed E-state index contributed by atoms with van der Waals surface area (Å²) in [5.74, 6) is 0.606. The van der Waals surface area contributed by atoms with Gasteiger partial charge in [0, 0.05) is 11.6 Å². The molecule has 19 heavy (non-hydrogen) atoms. The molecular formula is C11H12ClN5OS. The number of nitrogens with zero attached hydrogens (tertiary/aromatic N) is 4. The predicted molar refractivity (Wildman–Crippen MR) is 71.8 cm³/mol. The molecule has 1 saturated carbocycles. The molecule has 2 aromatic heterocycles. The van der Waals surface area contributed by atoms with Crippen LogP contribution in [-0.2, 0) is 0 Å². The molecule has 0 unspecified atom stereocenters. The number of aromatic amines is 1. The van der Waals surface area contributed by atoms with Gasteiger partial charge in [-0.2, -0.15) is 0 Å². The smallest absolute Gasteiger partial charge is 0.267 e. The summed E-state index contributed by atoms with van der Waals surface area (Å²) in [6.45, 7) is 3.64. The van der Waals surface area contributed by atoms with Crippen molar-refractivity contribution >= 4 is 23.4 Å². The van der Waals surface area contributed by atoms with E-state index in [0.717, 1.165) is 23.4 Å². The Labute approximate surface area is 118 Å². The molecule has 1 aliphatic rings. The standard InChI is InChI=1S/C11H12ClN5OS/c1-5-8(12)13-6(2)14-9(5)19-11-16-15-10(18)17(11)7-3-4-7/h7H,3-4H2,1-2H3,(H,15,18). The number of halogens is 1. The van der Waals surface area contributed by atoms with Crippen LogP contribution < -0.4 is 5.69 Å². The summed E-state index contributed by atoms with van der Waals surface area (Å²) in [6.07, 6.45) is 2.05. The molecule has 0 aliphatic heterocycles. The zero-order chi connectivity index (χ0) is 13.6. The van der Waals surface area contributed by atoms with Crippen molar-refractivity contribution in [3.05, 3.63) is 27.0 Å². The van der Waals surface area contributed by atoms with Crippen molar-refractivity contribution in [2.45, 2.75) is 42.9 Å². The number of nitrogens with one attached hydrogen (secondary N) is 1. The average Bonchev–Trinajstić information content (AvgIpc) is 3.11. The van der Waals surface area contributed by atoms with Crippen molar-refractivity contribution in [3.63, 3.8) is 0 Å². The number of rotatable bonds is 3. The minimum absolute atomic E-state index is 0.167. The zero-order valence-corrected chi connectivity index (χ0v) is 12.0. The van der Waals surface area contributed by atoms with Gasteiger partial charge in [-0.1, -0.05) is 11.6 Å². The van der Waals surface area contributed by atoms with E-state index in [1.807, 2.05) is 6.92 Å². The summed E-state index contributed by atoms with van der Waals surface area (Å²) < 4.78 is 1.69. The van der Waals surface area contributed by atoms with E-state index >= 15 is 0 Å². The Balaban J connectivity index is 2.00. The van der Waals surface area contributed by atoms with Gasteiger partial charge in [-0.05, 0) is 38.5 Å². The van der Waals surface area contributed by atoms with E-state index < -0.39 is 0 Å². The van der Waals surface area contributed by atoms with Crippen LogP contribution in [0.25, 0.3) is 0 Å². The molecule has 1 fully saturated rings. The molecule has 0 aromatic carbocycles. The largest absolute Gasteiger partial charge is 0.344 e. The summed E-state index contributed by atoms with van der Waals surface area (Å²) in [4.78, 5) is 20.2. The lowest BCUT2D eigenvalue weighted by Gasteiger charge is -2.07. The van der Waals surface area contributed by atoms with Gasteiger partial charge in [0.1, 0.15) is 16.0 Å². The second kappa shape index (κ2) is 4.64. The molecule has 1 aliphatic carbocycles. The lowest BCUT2D eigenvalue weighted by Crippen LogP contribution is -2.16. The van der Waals surface area contributed by atoms with E-state index in [0.29, 0.717) is 16.1 Å². The Kier molecular flexibility index (Phi) is 3.10. The van der Waals surface area contributed by atoms with Crippen LogP contribution in [0, 0.1) is 13.8 Å². The van der Waals surface area contributed by atoms with E-state index in [4.69, 9.17) is 11.6 Å². The van der Waals surface area contributed by atoms with Crippen molar-refractivity contribution in [1.29, 1.82) is 0 Å².